The van der Waals surface area contributed by atoms with Crippen LogP contribution in [0.4, 0.5) is 11.4 Å². The molecular formula is C21H22BrN3O4S. The standard InChI is InChI=1S/C21H22BrN3O4S/c1-23(2)30(28,29)18-6-7-19-14(10-18)8-9-24(19)21(27)15-11-20(26)25(13-15)17-5-3-4-16(22)12-17/h3-7,10,12,15H,8-9,11,13H2,1-2H3/t15-/m0/s1. The fourth-order valence-electron chi connectivity index (χ4n) is 3.97. The van der Waals surface area contributed by atoms with Crippen molar-refractivity contribution in [1.82, 2.24) is 4.31 Å². The van der Waals surface area contributed by atoms with Gasteiger partial charge in [-0.1, -0.05) is 22.0 Å². The molecule has 2 aromatic rings. The van der Waals surface area contributed by atoms with Gasteiger partial charge < -0.3 is 9.80 Å². The lowest BCUT2D eigenvalue weighted by molar-refractivity contribution is -0.124. The Balaban J connectivity index is 1.54. The Kier molecular flexibility index (Phi) is 5.46. The van der Waals surface area contributed by atoms with Gasteiger partial charge in [0.15, 0.2) is 0 Å². The van der Waals surface area contributed by atoms with Crippen LogP contribution in [0, 0.1) is 5.92 Å². The van der Waals surface area contributed by atoms with Crippen LogP contribution in [0.5, 0.6) is 0 Å². The van der Waals surface area contributed by atoms with Crippen molar-refractivity contribution < 1.29 is 18.0 Å². The zero-order valence-electron chi connectivity index (χ0n) is 16.7. The van der Waals surface area contributed by atoms with Gasteiger partial charge in [0.2, 0.25) is 21.8 Å². The highest BCUT2D eigenvalue weighted by molar-refractivity contribution is 9.10. The van der Waals surface area contributed by atoms with E-state index in [1.807, 2.05) is 24.3 Å². The minimum atomic E-state index is -3.53. The molecule has 30 heavy (non-hydrogen) atoms. The largest absolute Gasteiger partial charge is 0.312 e. The van der Waals surface area contributed by atoms with E-state index in [0.29, 0.717) is 19.5 Å². The quantitative estimate of drug-likeness (QED) is 0.658. The van der Waals surface area contributed by atoms with Gasteiger partial charge in [-0.3, -0.25) is 9.59 Å². The molecule has 0 aliphatic carbocycles. The number of carbonyl (C=O) groups is 2. The van der Waals surface area contributed by atoms with Gasteiger partial charge in [-0.15, -0.1) is 0 Å². The Morgan fingerprint density at radius 3 is 2.63 bits per heavy atom. The van der Waals surface area contributed by atoms with Crippen LogP contribution in [0.15, 0.2) is 51.8 Å². The molecule has 0 spiro atoms. The monoisotopic (exact) mass is 491 g/mol. The van der Waals surface area contributed by atoms with Crippen LogP contribution in [-0.2, 0) is 26.0 Å². The maximum atomic E-state index is 13.2. The first-order valence-corrected chi connectivity index (χ1v) is 11.8. The first kappa shape index (κ1) is 21.0. The molecule has 0 N–H and O–H groups in total. The molecule has 1 saturated heterocycles. The summed E-state index contributed by atoms with van der Waals surface area (Å²) in [5.74, 6) is -0.589. The van der Waals surface area contributed by atoms with Gasteiger partial charge in [-0.2, -0.15) is 0 Å². The minimum Gasteiger partial charge on any atom is -0.312 e. The van der Waals surface area contributed by atoms with Crippen molar-refractivity contribution >= 4 is 49.1 Å². The Morgan fingerprint density at radius 2 is 1.93 bits per heavy atom. The summed E-state index contributed by atoms with van der Waals surface area (Å²) in [5, 5.41) is 0. The topological polar surface area (TPSA) is 78.0 Å². The summed E-state index contributed by atoms with van der Waals surface area (Å²) in [6.07, 6.45) is 0.762. The Morgan fingerprint density at radius 1 is 1.17 bits per heavy atom. The van der Waals surface area contributed by atoms with Gasteiger partial charge in [-0.25, -0.2) is 12.7 Å². The minimum absolute atomic E-state index is 0.0710. The molecule has 2 aliphatic heterocycles. The molecule has 1 fully saturated rings. The van der Waals surface area contributed by atoms with E-state index in [9.17, 15) is 18.0 Å². The molecule has 9 heteroatoms. The number of fused-ring (bicyclic) bond motifs is 1. The number of nitrogens with zero attached hydrogens (tertiary/aromatic N) is 3. The van der Waals surface area contributed by atoms with E-state index in [-0.39, 0.29) is 23.1 Å². The number of carbonyl (C=O) groups excluding carboxylic acids is 2. The lowest BCUT2D eigenvalue weighted by Gasteiger charge is -2.22. The third kappa shape index (κ3) is 3.66. The van der Waals surface area contributed by atoms with Crippen LogP contribution in [-0.4, -0.2) is 51.7 Å². The fraction of sp³-hybridized carbons (Fsp3) is 0.333. The third-order valence-electron chi connectivity index (χ3n) is 5.59. The second kappa shape index (κ2) is 7.79. The van der Waals surface area contributed by atoms with E-state index in [1.54, 1.807) is 21.9 Å². The molecule has 0 aromatic heterocycles. The van der Waals surface area contributed by atoms with Gasteiger partial charge >= 0.3 is 0 Å². The summed E-state index contributed by atoms with van der Waals surface area (Å²) in [6, 6.07) is 12.3. The molecule has 2 aromatic carbocycles. The molecule has 2 amide bonds. The van der Waals surface area contributed by atoms with Gasteiger partial charge in [0.25, 0.3) is 0 Å². The Hall–Kier alpha value is -2.23. The lowest BCUT2D eigenvalue weighted by atomic mass is 10.1. The molecule has 0 saturated carbocycles. The number of hydrogen-bond acceptors (Lipinski definition) is 4. The highest BCUT2D eigenvalue weighted by atomic mass is 79.9. The highest BCUT2D eigenvalue weighted by Gasteiger charge is 2.39. The van der Waals surface area contributed by atoms with Crippen molar-refractivity contribution in [1.29, 1.82) is 0 Å². The van der Waals surface area contributed by atoms with Crippen LogP contribution in [0.3, 0.4) is 0 Å². The summed E-state index contributed by atoms with van der Waals surface area (Å²) in [4.78, 5) is 29.3. The third-order valence-corrected chi connectivity index (χ3v) is 7.89. The van der Waals surface area contributed by atoms with E-state index in [0.717, 1.165) is 21.4 Å². The van der Waals surface area contributed by atoms with Crippen LogP contribution in [0.2, 0.25) is 0 Å². The van der Waals surface area contributed by atoms with Crippen molar-refractivity contribution in [3.05, 3.63) is 52.5 Å². The maximum absolute atomic E-state index is 13.2. The predicted molar refractivity (Wildman–Crippen MR) is 118 cm³/mol. The van der Waals surface area contributed by atoms with E-state index in [4.69, 9.17) is 0 Å². The first-order valence-electron chi connectivity index (χ1n) is 9.61. The average molecular weight is 492 g/mol. The zero-order valence-corrected chi connectivity index (χ0v) is 19.1. The number of benzene rings is 2. The molecule has 0 bridgehead atoms. The molecular weight excluding hydrogens is 470 g/mol. The second-order valence-corrected chi connectivity index (χ2v) is 10.8. The predicted octanol–water partition coefficient (Wildman–Crippen LogP) is 2.64. The molecule has 2 aliphatic rings. The second-order valence-electron chi connectivity index (χ2n) is 7.70. The number of anilines is 2. The van der Waals surface area contributed by atoms with Crippen LogP contribution < -0.4 is 9.80 Å². The summed E-state index contributed by atoms with van der Waals surface area (Å²) in [7, 11) is -0.541. The van der Waals surface area contributed by atoms with Gasteiger partial charge in [-0.05, 0) is 48.4 Å². The molecule has 4 rings (SSSR count). The van der Waals surface area contributed by atoms with Crippen molar-refractivity contribution in [2.45, 2.75) is 17.7 Å². The van der Waals surface area contributed by atoms with Gasteiger partial charge in [0.05, 0.1) is 10.8 Å². The van der Waals surface area contributed by atoms with Crippen LogP contribution >= 0.6 is 15.9 Å². The molecule has 158 valence electrons. The van der Waals surface area contributed by atoms with Gasteiger partial charge in [0, 0.05) is 49.5 Å². The number of rotatable bonds is 4. The molecule has 7 nitrogen and oxygen atoms in total. The van der Waals surface area contributed by atoms with E-state index >= 15 is 0 Å². The van der Waals surface area contributed by atoms with Crippen molar-refractivity contribution in [3.63, 3.8) is 0 Å². The Labute approximate surface area is 184 Å². The lowest BCUT2D eigenvalue weighted by Crippen LogP contribution is -2.36. The van der Waals surface area contributed by atoms with Crippen molar-refractivity contribution in [2.24, 2.45) is 5.92 Å². The Bertz CT molecular complexity index is 1130. The number of hydrogen-bond donors (Lipinski definition) is 0. The smallest absolute Gasteiger partial charge is 0.242 e. The maximum Gasteiger partial charge on any atom is 0.242 e. The normalized spacial score (nSPS) is 18.9. The van der Waals surface area contributed by atoms with Crippen molar-refractivity contribution in [2.75, 3.05) is 37.0 Å². The van der Waals surface area contributed by atoms with Crippen molar-refractivity contribution in [3.8, 4) is 0 Å². The number of halogens is 1. The first-order chi connectivity index (χ1) is 14.2. The average Bonchev–Trinajstić information content (AvgIpc) is 3.30. The summed E-state index contributed by atoms with van der Waals surface area (Å²) in [6.45, 7) is 0.828. The molecule has 0 radical (unpaired) electrons. The summed E-state index contributed by atoms with van der Waals surface area (Å²) in [5.41, 5.74) is 2.33. The summed E-state index contributed by atoms with van der Waals surface area (Å²) >= 11 is 3.41. The molecule has 1 atom stereocenters. The zero-order chi connectivity index (χ0) is 21.6. The molecule has 0 unspecified atom stereocenters. The fourth-order valence-corrected chi connectivity index (χ4v) is 5.31. The number of sulfonamides is 1. The summed E-state index contributed by atoms with van der Waals surface area (Å²) < 4.78 is 26.8. The SMILES string of the molecule is CN(C)S(=O)(=O)c1ccc2c(c1)CCN2C(=O)[C@H]1CC(=O)N(c2cccc(Br)c2)C1. The number of amides is 2. The van der Waals surface area contributed by atoms with Crippen LogP contribution in [0.1, 0.15) is 12.0 Å². The van der Waals surface area contributed by atoms with E-state index < -0.39 is 15.9 Å². The highest BCUT2D eigenvalue weighted by Crippen LogP contribution is 2.34. The molecule has 2 heterocycles. The van der Waals surface area contributed by atoms with E-state index in [2.05, 4.69) is 15.9 Å². The van der Waals surface area contributed by atoms with Gasteiger partial charge in [0.1, 0.15) is 0 Å². The van der Waals surface area contributed by atoms with E-state index in [1.165, 1.54) is 24.5 Å². The van der Waals surface area contributed by atoms with Crippen LogP contribution in [0.25, 0.3) is 0 Å².